The Labute approximate surface area is 63.5 Å². The van der Waals surface area contributed by atoms with Gasteiger partial charge in [-0.1, -0.05) is 0 Å². The largest absolute Gasteiger partial charge is 0.464 e. The highest BCUT2D eigenvalue weighted by atomic mass is 79.9. The van der Waals surface area contributed by atoms with Crippen LogP contribution in [0.2, 0.25) is 0 Å². The normalized spacial score (nSPS) is 14.5. The Hall–Kier alpha value is -0.260. The van der Waals surface area contributed by atoms with E-state index in [9.17, 15) is 18.0 Å². The van der Waals surface area contributed by atoms with Gasteiger partial charge in [0.25, 0.3) is 0 Å². The van der Waals surface area contributed by atoms with E-state index >= 15 is 0 Å². The lowest BCUT2D eigenvalue weighted by Gasteiger charge is -2.12. The molecule has 0 radical (unpaired) electrons. The first-order valence-electron chi connectivity index (χ1n) is 2.17. The molecule has 0 aliphatic carbocycles. The number of carbonyl (C=O) groups is 1. The number of hydrogen-bond donors (Lipinski definition) is 0. The lowest BCUT2D eigenvalue weighted by Crippen LogP contribution is -2.36. The van der Waals surface area contributed by atoms with Crippen molar-refractivity contribution in [2.45, 2.75) is 11.0 Å². The standard InChI is InChI=1S/C4H4BrF3O2/c1-10-3(9)4(7,8)2(5)6/h2H,1H3. The minimum absolute atomic E-state index is 0.756. The number of hydrogen-bond acceptors (Lipinski definition) is 2. The minimum Gasteiger partial charge on any atom is -0.464 e. The Bertz CT molecular complexity index is 136. The van der Waals surface area contributed by atoms with Crippen LogP contribution >= 0.6 is 15.9 Å². The number of halogens is 4. The summed E-state index contributed by atoms with van der Waals surface area (Å²) in [5, 5.41) is -2.70. The summed E-state index contributed by atoms with van der Waals surface area (Å²) >= 11 is 1.92. The van der Waals surface area contributed by atoms with E-state index in [1.165, 1.54) is 0 Å². The van der Waals surface area contributed by atoms with Crippen molar-refractivity contribution >= 4 is 21.9 Å². The molecular formula is C4H4BrF3O2. The second-order valence-corrected chi connectivity index (χ2v) is 2.22. The fourth-order valence-corrected chi connectivity index (χ4v) is 0.412. The van der Waals surface area contributed by atoms with Crippen LogP contribution in [0.15, 0.2) is 0 Å². The molecule has 0 bridgehead atoms. The average molecular weight is 221 g/mol. The van der Waals surface area contributed by atoms with Crippen molar-refractivity contribution in [2.24, 2.45) is 0 Å². The van der Waals surface area contributed by atoms with Gasteiger partial charge in [-0.15, -0.1) is 0 Å². The highest BCUT2D eigenvalue weighted by molar-refractivity contribution is 9.09. The summed E-state index contributed by atoms with van der Waals surface area (Å²) in [6.07, 6.45) is 0. The van der Waals surface area contributed by atoms with Gasteiger partial charge >= 0.3 is 11.9 Å². The lowest BCUT2D eigenvalue weighted by atomic mass is 10.4. The molecule has 0 aromatic carbocycles. The van der Waals surface area contributed by atoms with Gasteiger partial charge in [-0.2, -0.15) is 8.78 Å². The molecule has 0 aromatic heterocycles. The smallest absolute Gasteiger partial charge is 0.382 e. The van der Waals surface area contributed by atoms with E-state index in [0.29, 0.717) is 0 Å². The topological polar surface area (TPSA) is 26.3 Å². The monoisotopic (exact) mass is 220 g/mol. The molecule has 0 saturated carbocycles. The molecule has 0 N–H and O–H groups in total. The summed E-state index contributed by atoms with van der Waals surface area (Å²) in [6, 6.07) is 0. The zero-order chi connectivity index (χ0) is 8.36. The molecule has 0 heterocycles. The van der Waals surface area contributed by atoms with Gasteiger partial charge < -0.3 is 4.74 Å². The van der Waals surface area contributed by atoms with Crippen LogP contribution in [-0.2, 0) is 9.53 Å². The van der Waals surface area contributed by atoms with Crippen LogP contribution in [0.1, 0.15) is 0 Å². The van der Waals surface area contributed by atoms with Crippen LogP contribution in [0.25, 0.3) is 0 Å². The molecule has 0 aromatic rings. The van der Waals surface area contributed by atoms with Crippen molar-refractivity contribution in [3.8, 4) is 0 Å². The third kappa shape index (κ3) is 1.86. The van der Waals surface area contributed by atoms with E-state index in [0.717, 1.165) is 7.11 Å². The molecule has 1 unspecified atom stereocenters. The number of esters is 1. The molecule has 0 spiro atoms. The number of ether oxygens (including phenoxy) is 1. The second-order valence-electron chi connectivity index (χ2n) is 1.42. The first-order valence-corrected chi connectivity index (χ1v) is 3.09. The van der Waals surface area contributed by atoms with Gasteiger partial charge in [0.1, 0.15) is 0 Å². The van der Waals surface area contributed by atoms with Crippen molar-refractivity contribution in [3.63, 3.8) is 0 Å². The first kappa shape index (κ1) is 9.74. The highest BCUT2D eigenvalue weighted by Crippen LogP contribution is 2.26. The van der Waals surface area contributed by atoms with E-state index in [-0.39, 0.29) is 0 Å². The summed E-state index contributed by atoms with van der Waals surface area (Å²) in [6.45, 7) is 0. The lowest BCUT2D eigenvalue weighted by molar-refractivity contribution is -0.172. The number of rotatable bonds is 2. The van der Waals surface area contributed by atoms with E-state index < -0.39 is 17.0 Å². The van der Waals surface area contributed by atoms with E-state index in [4.69, 9.17) is 0 Å². The van der Waals surface area contributed by atoms with Gasteiger partial charge in [-0.25, -0.2) is 9.18 Å². The van der Waals surface area contributed by atoms with Crippen molar-refractivity contribution in [1.82, 2.24) is 0 Å². The molecule has 0 rings (SSSR count). The molecule has 0 aliphatic heterocycles. The molecule has 1 atom stereocenters. The van der Waals surface area contributed by atoms with E-state index in [1.54, 1.807) is 0 Å². The maximum Gasteiger partial charge on any atom is 0.382 e. The molecule has 0 saturated heterocycles. The third-order valence-electron chi connectivity index (χ3n) is 0.732. The third-order valence-corrected chi connectivity index (χ3v) is 1.31. The maximum atomic E-state index is 12.0. The number of methoxy groups -OCH3 is 1. The van der Waals surface area contributed by atoms with Crippen molar-refractivity contribution in [1.29, 1.82) is 0 Å². The summed E-state index contributed by atoms with van der Waals surface area (Å²) in [5.41, 5.74) is 0. The van der Waals surface area contributed by atoms with Gasteiger partial charge in [0, 0.05) is 0 Å². The zero-order valence-electron chi connectivity index (χ0n) is 4.91. The van der Waals surface area contributed by atoms with Crippen LogP contribution in [-0.4, -0.2) is 24.1 Å². The van der Waals surface area contributed by atoms with Gasteiger partial charge in [-0.3, -0.25) is 0 Å². The fourth-order valence-electron chi connectivity index (χ4n) is 0.225. The molecular weight excluding hydrogens is 217 g/mol. The molecule has 10 heavy (non-hydrogen) atoms. The summed E-state index contributed by atoms with van der Waals surface area (Å²) < 4.78 is 39.5. The minimum atomic E-state index is -4.10. The zero-order valence-corrected chi connectivity index (χ0v) is 6.49. The van der Waals surface area contributed by atoms with E-state index in [1.807, 2.05) is 15.9 Å². The molecule has 2 nitrogen and oxygen atoms in total. The molecule has 0 aliphatic rings. The molecule has 60 valence electrons. The van der Waals surface area contributed by atoms with Crippen LogP contribution < -0.4 is 0 Å². The fraction of sp³-hybridized carbons (Fsp3) is 0.750. The Morgan fingerprint density at radius 1 is 1.70 bits per heavy atom. The van der Waals surface area contributed by atoms with Crippen LogP contribution in [0, 0.1) is 0 Å². The van der Waals surface area contributed by atoms with Gasteiger partial charge in [-0.05, 0) is 15.9 Å². The van der Waals surface area contributed by atoms with Crippen LogP contribution in [0.3, 0.4) is 0 Å². The van der Waals surface area contributed by atoms with Crippen molar-refractivity contribution in [3.05, 3.63) is 0 Å². The summed E-state index contributed by atoms with van der Waals surface area (Å²) in [4.78, 5) is 10.0. The number of alkyl halides is 4. The predicted molar refractivity (Wildman–Crippen MR) is 30.8 cm³/mol. The maximum absolute atomic E-state index is 12.0. The van der Waals surface area contributed by atoms with Gasteiger partial charge in [0.15, 0.2) is 0 Å². The van der Waals surface area contributed by atoms with Crippen molar-refractivity contribution in [2.75, 3.05) is 7.11 Å². The summed E-state index contributed by atoms with van der Waals surface area (Å²) in [7, 11) is 0.756. The first-order chi connectivity index (χ1) is 4.42. The summed E-state index contributed by atoms with van der Waals surface area (Å²) in [5.74, 6) is -5.99. The van der Waals surface area contributed by atoms with Gasteiger partial charge in [0.2, 0.25) is 5.08 Å². The van der Waals surface area contributed by atoms with E-state index in [2.05, 4.69) is 4.74 Å². The molecule has 0 amide bonds. The van der Waals surface area contributed by atoms with Gasteiger partial charge in [0.05, 0.1) is 7.11 Å². The Morgan fingerprint density at radius 3 is 2.20 bits per heavy atom. The number of carbonyl (C=O) groups excluding carboxylic acids is 1. The van der Waals surface area contributed by atoms with Crippen molar-refractivity contribution < 1.29 is 22.7 Å². The quantitative estimate of drug-likeness (QED) is 0.521. The Kier molecular flexibility index (Phi) is 3.14. The Balaban J connectivity index is 4.24. The van der Waals surface area contributed by atoms with Crippen LogP contribution in [0.5, 0.6) is 0 Å². The molecule has 0 fully saturated rings. The SMILES string of the molecule is COC(=O)C(F)(F)C(F)Br. The van der Waals surface area contributed by atoms with Crippen LogP contribution in [0.4, 0.5) is 13.2 Å². The highest BCUT2D eigenvalue weighted by Gasteiger charge is 2.48. The molecule has 6 heteroatoms. The average Bonchev–Trinajstić information content (AvgIpc) is 1.86. The predicted octanol–water partition coefficient (Wildman–Crippen LogP) is 1.49. The Morgan fingerprint density at radius 2 is 2.10 bits per heavy atom. The second kappa shape index (κ2) is 3.23.